The number of nitrogens with zero attached hydrogens (tertiary/aromatic N) is 1. The molecule has 0 saturated heterocycles. The quantitative estimate of drug-likeness (QED) is 0.490. The van der Waals surface area contributed by atoms with Crippen LogP contribution in [0.5, 0.6) is 0 Å². The van der Waals surface area contributed by atoms with Gasteiger partial charge < -0.3 is 10.5 Å². The van der Waals surface area contributed by atoms with Crippen molar-refractivity contribution in [2.45, 2.75) is 0 Å². The molecule has 1 amide bonds. The Morgan fingerprint density at radius 2 is 2.36 bits per heavy atom. The Morgan fingerprint density at radius 1 is 1.64 bits per heavy atom. The zero-order chi connectivity index (χ0) is 8.27. The predicted molar refractivity (Wildman–Crippen MR) is 37.1 cm³/mol. The number of thiazole rings is 1. The first kappa shape index (κ1) is 7.67. The van der Waals surface area contributed by atoms with Crippen molar-refractivity contribution in [3.05, 3.63) is 16.6 Å². The molecule has 1 heterocycles. The summed E-state index contributed by atoms with van der Waals surface area (Å²) in [6, 6.07) is 0. The van der Waals surface area contributed by atoms with E-state index in [1.54, 1.807) is 5.38 Å². The molecule has 6 heteroatoms. The van der Waals surface area contributed by atoms with Crippen molar-refractivity contribution >= 4 is 23.4 Å². The largest absolute Gasteiger partial charge is 0.412 e. The summed E-state index contributed by atoms with van der Waals surface area (Å²) in [5, 5.41) is 1.71. The fraction of sp³-hybridized carbons (Fsp3) is 0. The number of hydrogen-bond acceptors (Lipinski definition) is 5. The highest BCUT2D eigenvalue weighted by molar-refractivity contribution is 7.11. The summed E-state index contributed by atoms with van der Waals surface area (Å²) in [5.41, 5.74) is 4.59. The molecule has 0 atom stereocenters. The van der Waals surface area contributed by atoms with E-state index in [0.717, 1.165) is 11.3 Å². The normalized spacial score (nSPS) is 9.09. The summed E-state index contributed by atoms with van der Waals surface area (Å²) < 4.78 is 4.04. The first-order valence-electron chi connectivity index (χ1n) is 2.61. The van der Waals surface area contributed by atoms with E-state index >= 15 is 0 Å². The fourth-order valence-electron chi connectivity index (χ4n) is 0.459. The van der Waals surface area contributed by atoms with Crippen LogP contribution in [0.2, 0.25) is 0 Å². The Labute approximate surface area is 65.8 Å². The van der Waals surface area contributed by atoms with Gasteiger partial charge in [-0.3, -0.25) is 0 Å². The molecule has 0 aliphatic rings. The first-order chi connectivity index (χ1) is 5.20. The molecule has 1 aromatic rings. The topological polar surface area (TPSA) is 82.3 Å². The number of primary amides is 1. The lowest BCUT2D eigenvalue weighted by atomic mass is 10.7. The van der Waals surface area contributed by atoms with Gasteiger partial charge in [0.1, 0.15) is 0 Å². The van der Waals surface area contributed by atoms with Crippen LogP contribution in [-0.2, 0) is 4.74 Å². The van der Waals surface area contributed by atoms with Crippen LogP contribution >= 0.6 is 11.3 Å². The molecule has 0 spiro atoms. The highest BCUT2D eigenvalue weighted by atomic mass is 32.1. The summed E-state index contributed by atoms with van der Waals surface area (Å²) in [6.45, 7) is 0. The molecule has 0 bridgehead atoms. The number of ether oxygens (including phenoxy) is 1. The summed E-state index contributed by atoms with van der Waals surface area (Å²) >= 11 is 1.08. The zero-order valence-corrected chi connectivity index (χ0v) is 6.13. The number of esters is 1. The minimum Gasteiger partial charge on any atom is -0.371 e. The predicted octanol–water partition coefficient (Wildman–Crippen LogP) is 0.379. The molecule has 2 N–H and O–H groups in total. The van der Waals surface area contributed by atoms with Crippen LogP contribution < -0.4 is 5.73 Å². The maximum Gasteiger partial charge on any atom is 0.412 e. The van der Waals surface area contributed by atoms with Crippen LogP contribution in [0.1, 0.15) is 9.80 Å². The van der Waals surface area contributed by atoms with E-state index in [1.165, 1.54) is 6.20 Å². The van der Waals surface area contributed by atoms with Crippen molar-refractivity contribution in [3.8, 4) is 0 Å². The van der Waals surface area contributed by atoms with Crippen molar-refractivity contribution in [1.29, 1.82) is 0 Å². The molecule has 1 aromatic heterocycles. The van der Waals surface area contributed by atoms with Gasteiger partial charge in [0.25, 0.3) is 0 Å². The summed E-state index contributed by atoms with van der Waals surface area (Å²) in [5.74, 6) is -0.812. The minimum absolute atomic E-state index is 0.115. The lowest BCUT2D eigenvalue weighted by Gasteiger charge is -1.92. The van der Waals surface area contributed by atoms with Gasteiger partial charge in [-0.1, -0.05) is 0 Å². The third-order valence-corrected chi connectivity index (χ3v) is 1.55. The van der Waals surface area contributed by atoms with Gasteiger partial charge in [-0.25, -0.2) is 14.6 Å². The van der Waals surface area contributed by atoms with E-state index in [4.69, 9.17) is 0 Å². The molecule has 58 valence electrons. The second-order valence-electron chi connectivity index (χ2n) is 1.55. The number of hydrogen-bond donors (Lipinski definition) is 1. The van der Waals surface area contributed by atoms with E-state index in [0.29, 0.717) is 0 Å². The molecule has 0 aromatic carbocycles. The minimum atomic E-state index is -1.12. The molecule has 11 heavy (non-hydrogen) atoms. The van der Waals surface area contributed by atoms with Crippen LogP contribution in [0.4, 0.5) is 4.79 Å². The first-order valence-corrected chi connectivity index (χ1v) is 3.49. The van der Waals surface area contributed by atoms with Gasteiger partial charge in [0.2, 0.25) is 5.01 Å². The second-order valence-corrected chi connectivity index (χ2v) is 2.44. The van der Waals surface area contributed by atoms with Crippen molar-refractivity contribution in [2.75, 3.05) is 0 Å². The van der Waals surface area contributed by atoms with Gasteiger partial charge in [-0.05, 0) is 0 Å². The van der Waals surface area contributed by atoms with E-state index in [1.807, 2.05) is 0 Å². The monoisotopic (exact) mass is 172 g/mol. The Morgan fingerprint density at radius 3 is 2.82 bits per heavy atom. The second kappa shape index (κ2) is 3.11. The number of carbonyl (C=O) groups is 2. The smallest absolute Gasteiger partial charge is 0.371 e. The molecule has 5 nitrogen and oxygen atoms in total. The van der Waals surface area contributed by atoms with Gasteiger partial charge in [0, 0.05) is 11.6 Å². The van der Waals surface area contributed by atoms with Crippen molar-refractivity contribution in [3.63, 3.8) is 0 Å². The van der Waals surface area contributed by atoms with Gasteiger partial charge in [-0.2, -0.15) is 0 Å². The van der Waals surface area contributed by atoms with E-state index in [9.17, 15) is 9.59 Å². The SMILES string of the molecule is NC(=O)OC(=O)c1nccs1. The van der Waals surface area contributed by atoms with E-state index in [-0.39, 0.29) is 5.01 Å². The summed E-state index contributed by atoms with van der Waals surface area (Å²) in [7, 11) is 0. The molecule has 0 fully saturated rings. The number of aromatic nitrogens is 1. The van der Waals surface area contributed by atoms with Crippen LogP contribution in [-0.4, -0.2) is 17.0 Å². The Hall–Kier alpha value is -1.43. The molecular weight excluding hydrogens is 168 g/mol. The molecule has 1 rings (SSSR count). The molecular formula is C5H4N2O3S. The summed E-state index contributed by atoms with van der Waals surface area (Å²) in [6.07, 6.45) is 0.313. The molecule has 0 aliphatic heterocycles. The maximum atomic E-state index is 10.7. The van der Waals surface area contributed by atoms with Crippen molar-refractivity contribution < 1.29 is 14.3 Å². The Bertz CT molecular complexity index is 269. The fourth-order valence-corrected chi connectivity index (χ4v) is 0.969. The number of rotatable bonds is 1. The average Bonchev–Trinajstić information content (AvgIpc) is 2.35. The van der Waals surface area contributed by atoms with Crippen LogP contribution in [0, 0.1) is 0 Å². The zero-order valence-electron chi connectivity index (χ0n) is 5.31. The Balaban J connectivity index is 2.64. The van der Waals surface area contributed by atoms with Gasteiger partial charge >= 0.3 is 12.1 Å². The van der Waals surface area contributed by atoms with Gasteiger partial charge in [-0.15, -0.1) is 11.3 Å². The van der Waals surface area contributed by atoms with Crippen LogP contribution in [0.3, 0.4) is 0 Å². The van der Waals surface area contributed by atoms with Crippen LogP contribution in [0.25, 0.3) is 0 Å². The molecule has 0 radical (unpaired) electrons. The standard InChI is InChI=1S/C5H4N2O3S/c6-5(9)10-4(8)3-7-1-2-11-3/h1-2H,(H2,6,9). The highest BCUT2D eigenvalue weighted by Gasteiger charge is 2.11. The molecule has 0 unspecified atom stereocenters. The maximum absolute atomic E-state index is 10.7. The third kappa shape index (κ3) is 2.01. The van der Waals surface area contributed by atoms with Crippen molar-refractivity contribution in [1.82, 2.24) is 4.98 Å². The van der Waals surface area contributed by atoms with Crippen molar-refractivity contribution in [2.24, 2.45) is 5.73 Å². The summed E-state index contributed by atoms with van der Waals surface area (Å²) in [4.78, 5) is 24.4. The van der Waals surface area contributed by atoms with Gasteiger partial charge in [0.15, 0.2) is 0 Å². The molecule has 0 saturated carbocycles. The number of amides is 1. The number of carbonyl (C=O) groups excluding carboxylic acids is 2. The number of nitrogens with two attached hydrogens (primary N) is 1. The van der Waals surface area contributed by atoms with E-state index < -0.39 is 12.1 Å². The van der Waals surface area contributed by atoms with Crippen LogP contribution in [0.15, 0.2) is 11.6 Å². The average molecular weight is 172 g/mol. The lowest BCUT2D eigenvalue weighted by molar-refractivity contribution is 0.0638. The lowest BCUT2D eigenvalue weighted by Crippen LogP contribution is -2.18. The molecule has 0 aliphatic carbocycles. The van der Waals surface area contributed by atoms with Gasteiger partial charge in [0.05, 0.1) is 0 Å². The van der Waals surface area contributed by atoms with E-state index in [2.05, 4.69) is 15.5 Å². The Kier molecular flexibility index (Phi) is 2.17. The highest BCUT2D eigenvalue weighted by Crippen LogP contribution is 2.04. The third-order valence-electron chi connectivity index (χ3n) is 0.800.